The van der Waals surface area contributed by atoms with Gasteiger partial charge in [0.25, 0.3) is 0 Å². The maximum atomic E-state index is 6.10. The third kappa shape index (κ3) is 3.18. The van der Waals surface area contributed by atoms with E-state index in [1.807, 2.05) is 6.20 Å². The van der Waals surface area contributed by atoms with Crippen LogP contribution in [-0.4, -0.2) is 27.3 Å². The summed E-state index contributed by atoms with van der Waals surface area (Å²) in [5.74, 6) is 1.10. The summed E-state index contributed by atoms with van der Waals surface area (Å²) in [5.41, 5.74) is 1.34. The summed E-state index contributed by atoms with van der Waals surface area (Å²) in [6.45, 7) is 8.33. The SMILES string of the molecule is Cc1ncc(CNC2CC2)n1CC1CCC(C)(C)O1. The van der Waals surface area contributed by atoms with Crippen molar-refractivity contribution < 1.29 is 4.74 Å². The number of aromatic nitrogens is 2. The molecule has 2 fully saturated rings. The van der Waals surface area contributed by atoms with E-state index in [0.717, 1.165) is 37.8 Å². The van der Waals surface area contributed by atoms with Crippen molar-refractivity contribution in [3.05, 3.63) is 17.7 Å². The third-order valence-corrected chi connectivity index (χ3v) is 4.23. The maximum absolute atomic E-state index is 6.10. The molecule has 1 saturated heterocycles. The molecule has 0 bridgehead atoms. The van der Waals surface area contributed by atoms with Gasteiger partial charge in [-0.15, -0.1) is 0 Å². The molecule has 0 spiro atoms. The minimum Gasteiger partial charge on any atom is -0.370 e. The van der Waals surface area contributed by atoms with Crippen LogP contribution in [0.1, 0.15) is 51.0 Å². The number of imidazole rings is 1. The first kappa shape index (κ1) is 13.1. The van der Waals surface area contributed by atoms with Crippen molar-refractivity contribution in [2.45, 2.75) is 77.3 Å². The number of hydrogen-bond donors (Lipinski definition) is 1. The van der Waals surface area contributed by atoms with Gasteiger partial charge in [-0.25, -0.2) is 4.98 Å². The summed E-state index contributed by atoms with van der Waals surface area (Å²) in [4.78, 5) is 4.46. The average molecular weight is 263 g/mol. The van der Waals surface area contributed by atoms with Crippen molar-refractivity contribution in [1.82, 2.24) is 14.9 Å². The van der Waals surface area contributed by atoms with Crippen molar-refractivity contribution >= 4 is 0 Å². The molecule has 0 radical (unpaired) electrons. The molecule has 19 heavy (non-hydrogen) atoms. The van der Waals surface area contributed by atoms with Gasteiger partial charge in [-0.05, 0) is 46.5 Å². The monoisotopic (exact) mass is 263 g/mol. The molecular formula is C15H25N3O. The summed E-state index contributed by atoms with van der Waals surface area (Å²) in [6.07, 6.45) is 7.30. The predicted molar refractivity (Wildman–Crippen MR) is 75.0 cm³/mol. The first-order chi connectivity index (χ1) is 9.03. The molecular weight excluding hydrogens is 238 g/mol. The second kappa shape index (κ2) is 4.91. The van der Waals surface area contributed by atoms with Crippen LogP contribution in [0.15, 0.2) is 6.20 Å². The summed E-state index contributed by atoms with van der Waals surface area (Å²) in [6, 6.07) is 0.741. The van der Waals surface area contributed by atoms with E-state index >= 15 is 0 Å². The minimum atomic E-state index is 0.0472. The maximum Gasteiger partial charge on any atom is 0.105 e. The molecule has 1 aliphatic carbocycles. The fraction of sp³-hybridized carbons (Fsp3) is 0.800. The zero-order valence-electron chi connectivity index (χ0n) is 12.3. The van der Waals surface area contributed by atoms with Crippen LogP contribution in [0, 0.1) is 6.92 Å². The van der Waals surface area contributed by atoms with Crippen molar-refractivity contribution in [1.29, 1.82) is 0 Å². The highest BCUT2D eigenvalue weighted by Gasteiger charge is 2.32. The molecule has 4 heteroatoms. The Hall–Kier alpha value is -0.870. The van der Waals surface area contributed by atoms with E-state index in [0.29, 0.717) is 6.10 Å². The number of nitrogens with zero attached hydrogens (tertiary/aromatic N) is 2. The Morgan fingerprint density at radius 2 is 2.21 bits per heavy atom. The van der Waals surface area contributed by atoms with Crippen molar-refractivity contribution in [3.63, 3.8) is 0 Å². The molecule has 1 aromatic heterocycles. The van der Waals surface area contributed by atoms with Crippen LogP contribution in [0.4, 0.5) is 0 Å². The Morgan fingerprint density at radius 3 is 2.84 bits per heavy atom. The van der Waals surface area contributed by atoms with Gasteiger partial charge >= 0.3 is 0 Å². The van der Waals surface area contributed by atoms with Gasteiger partial charge in [0, 0.05) is 18.8 Å². The Labute approximate surface area is 115 Å². The number of aryl methyl sites for hydroxylation is 1. The highest BCUT2D eigenvalue weighted by Crippen LogP contribution is 2.30. The van der Waals surface area contributed by atoms with E-state index in [-0.39, 0.29) is 5.60 Å². The highest BCUT2D eigenvalue weighted by atomic mass is 16.5. The molecule has 0 aromatic carbocycles. The molecule has 1 aromatic rings. The second-order valence-corrected chi connectivity index (χ2v) is 6.60. The first-order valence-electron chi connectivity index (χ1n) is 7.46. The van der Waals surface area contributed by atoms with Crippen LogP contribution >= 0.6 is 0 Å². The lowest BCUT2D eigenvalue weighted by Gasteiger charge is -2.21. The highest BCUT2D eigenvalue weighted by molar-refractivity contribution is 5.06. The molecule has 1 atom stereocenters. The Morgan fingerprint density at radius 1 is 1.42 bits per heavy atom. The van der Waals surface area contributed by atoms with Gasteiger partial charge in [-0.1, -0.05) is 0 Å². The van der Waals surface area contributed by atoms with E-state index in [9.17, 15) is 0 Å². The van der Waals surface area contributed by atoms with Gasteiger partial charge in [0.15, 0.2) is 0 Å². The van der Waals surface area contributed by atoms with E-state index in [1.54, 1.807) is 0 Å². The van der Waals surface area contributed by atoms with Crippen molar-refractivity contribution in [3.8, 4) is 0 Å². The summed E-state index contributed by atoms with van der Waals surface area (Å²) in [5, 5.41) is 3.57. The summed E-state index contributed by atoms with van der Waals surface area (Å²) >= 11 is 0. The zero-order valence-corrected chi connectivity index (χ0v) is 12.3. The molecule has 106 valence electrons. The van der Waals surface area contributed by atoms with Crippen LogP contribution in [0.5, 0.6) is 0 Å². The molecule has 4 nitrogen and oxygen atoms in total. The van der Waals surface area contributed by atoms with Gasteiger partial charge in [0.05, 0.1) is 23.9 Å². The number of nitrogens with one attached hydrogen (secondary N) is 1. The topological polar surface area (TPSA) is 39.1 Å². The Balaban J connectivity index is 1.64. The van der Waals surface area contributed by atoms with Crippen LogP contribution in [0.2, 0.25) is 0 Å². The van der Waals surface area contributed by atoms with Crippen LogP contribution in [-0.2, 0) is 17.8 Å². The second-order valence-electron chi connectivity index (χ2n) is 6.60. The van der Waals surface area contributed by atoms with E-state index < -0.39 is 0 Å². The molecule has 1 saturated carbocycles. The smallest absolute Gasteiger partial charge is 0.105 e. The number of hydrogen-bond acceptors (Lipinski definition) is 3. The Bertz CT molecular complexity index is 448. The lowest BCUT2D eigenvalue weighted by Crippen LogP contribution is -2.25. The van der Waals surface area contributed by atoms with Crippen LogP contribution in [0.3, 0.4) is 0 Å². The first-order valence-corrected chi connectivity index (χ1v) is 7.46. The Kier molecular flexibility index (Phi) is 3.39. The lowest BCUT2D eigenvalue weighted by molar-refractivity contribution is -0.0221. The zero-order chi connectivity index (χ0) is 13.5. The molecule has 2 aliphatic rings. The van der Waals surface area contributed by atoms with Gasteiger partial charge in [-0.3, -0.25) is 0 Å². The van der Waals surface area contributed by atoms with Gasteiger partial charge < -0.3 is 14.6 Å². The largest absolute Gasteiger partial charge is 0.370 e. The molecule has 2 heterocycles. The average Bonchev–Trinajstić information content (AvgIpc) is 3.03. The molecule has 1 unspecified atom stereocenters. The third-order valence-electron chi connectivity index (χ3n) is 4.23. The van der Waals surface area contributed by atoms with E-state index in [2.05, 4.69) is 35.6 Å². The number of rotatable bonds is 5. The predicted octanol–water partition coefficient (Wildman–Crippen LogP) is 2.40. The van der Waals surface area contributed by atoms with E-state index in [4.69, 9.17) is 4.74 Å². The molecule has 3 rings (SSSR count). The molecule has 1 N–H and O–H groups in total. The van der Waals surface area contributed by atoms with Gasteiger partial charge in [0.1, 0.15) is 5.82 Å². The fourth-order valence-corrected chi connectivity index (χ4v) is 2.85. The van der Waals surface area contributed by atoms with E-state index in [1.165, 1.54) is 18.5 Å². The quantitative estimate of drug-likeness (QED) is 0.886. The van der Waals surface area contributed by atoms with Crippen molar-refractivity contribution in [2.24, 2.45) is 0 Å². The molecule has 1 aliphatic heterocycles. The number of ether oxygens (including phenoxy) is 1. The van der Waals surface area contributed by atoms with Crippen LogP contribution in [0.25, 0.3) is 0 Å². The molecule has 0 amide bonds. The van der Waals surface area contributed by atoms with Crippen molar-refractivity contribution in [2.75, 3.05) is 0 Å². The normalized spacial score (nSPS) is 25.9. The van der Waals surface area contributed by atoms with Crippen LogP contribution < -0.4 is 5.32 Å². The minimum absolute atomic E-state index is 0.0472. The standard InChI is InChI=1S/C15H25N3O/c1-11-16-8-13(9-17-12-4-5-12)18(11)10-14-6-7-15(2,3)19-14/h8,12,14,17H,4-7,9-10H2,1-3H3. The summed E-state index contributed by atoms with van der Waals surface area (Å²) in [7, 11) is 0. The van der Waals surface area contributed by atoms with Gasteiger partial charge in [0.2, 0.25) is 0 Å². The lowest BCUT2D eigenvalue weighted by atomic mass is 10.1. The fourth-order valence-electron chi connectivity index (χ4n) is 2.85. The summed E-state index contributed by atoms with van der Waals surface area (Å²) < 4.78 is 8.42. The van der Waals surface area contributed by atoms with Gasteiger partial charge in [-0.2, -0.15) is 0 Å².